The number of carbonyl (C=O) groups is 2. The molecule has 0 bridgehead atoms. The van der Waals surface area contributed by atoms with Crippen molar-refractivity contribution in [2.24, 2.45) is 0 Å². The van der Waals surface area contributed by atoms with Crippen LogP contribution in [0.15, 0.2) is 31.7 Å². The second kappa shape index (κ2) is 6.97. The first-order valence-corrected chi connectivity index (χ1v) is 8.12. The van der Waals surface area contributed by atoms with Crippen LogP contribution in [0, 0.1) is 0 Å². The average Bonchev–Trinajstić information content (AvgIpc) is 2.90. The molecule has 2 rings (SSSR count). The fraction of sp³-hybridized carbons (Fsp3) is 0.286. The molecule has 0 fully saturated rings. The Morgan fingerprint density at radius 1 is 0.955 bits per heavy atom. The Labute approximate surface area is 135 Å². The largest absolute Gasteiger partial charge is 0.507 e. The van der Waals surface area contributed by atoms with Gasteiger partial charge in [0, 0.05) is 0 Å². The van der Waals surface area contributed by atoms with Gasteiger partial charge in [0.15, 0.2) is 5.57 Å². The molecule has 0 spiro atoms. The number of benzene rings is 1. The summed E-state index contributed by atoms with van der Waals surface area (Å²) in [5.74, 6) is -1.65. The van der Waals surface area contributed by atoms with E-state index in [4.69, 9.17) is 9.47 Å². The SMILES string of the molecule is CCOC(=O)C(C(=O)OCC)=C1Sc2c(O)ccc(O)c2S1. The lowest BCUT2D eigenvalue weighted by molar-refractivity contribution is -0.146. The van der Waals surface area contributed by atoms with Crippen molar-refractivity contribution < 1.29 is 29.3 Å². The Kier molecular flexibility index (Phi) is 5.25. The maximum atomic E-state index is 12.0. The molecule has 1 aromatic carbocycles. The summed E-state index contributed by atoms with van der Waals surface area (Å²) >= 11 is 2.05. The van der Waals surface area contributed by atoms with E-state index in [0.29, 0.717) is 14.0 Å². The highest BCUT2D eigenvalue weighted by molar-refractivity contribution is 8.24. The minimum atomic E-state index is -0.789. The van der Waals surface area contributed by atoms with Crippen molar-refractivity contribution in [3.63, 3.8) is 0 Å². The van der Waals surface area contributed by atoms with Crippen LogP contribution in [0.2, 0.25) is 0 Å². The third kappa shape index (κ3) is 3.17. The Morgan fingerprint density at radius 2 is 1.36 bits per heavy atom. The Bertz CT molecular complexity index is 600. The van der Waals surface area contributed by atoms with Gasteiger partial charge in [-0.3, -0.25) is 0 Å². The fourth-order valence-electron chi connectivity index (χ4n) is 1.70. The van der Waals surface area contributed by atoms with Gasteiger partial charge in [0.25, 0.3) is 0 Å². The van der Waals surface area contributed by atoms with E-state index in [0.717, 1.165) is 23.5 Å². The predicted molar refractivity (Wildman–Crippen MR) is 81.8 cm³/mol. The molecule has 0 saturated carbocycles. The Hall–Kier alpha value is -1.80. The van der Waals surface area contributed by atoms with Crippen LogP contribution >= 0.6 is 23.5 Å². The van der Waals surface area contributed by atoms with Crippen molar-refractivity contribution in [1.29, 1.82) is 0 Å². The summed E-state index contributed by atoms with van der Waals surface area (Å²) in [6, 6.07) is 2.69. The smallest absolute Gasteiger partial charge is 0.347 e. The zero-order valence-corrected chi connectivity index (χ0v) is 13.5. The van der Waals surface area contributed by atoms with Crippen molar-refractivity contribution in [3.8, 4) is 11.5 Å². The van der Waals surface area contributed by atoms with Gasteiger partial charge in [-0.25, -0.2) is 9.59 Å². The van der Waals surface area contributed by atoms with E-state index in [2.05, 4.69) is 0 Å². The number of ether oxygens (including phenoxy) is 2. The molecule has 0 atom stereocenters. The molecule has 6 nitrogen and oxygen atoms in total. The molecule has 0 radical (unpaired) electrons. The summed E-state index contributed by atoms with van der Waals surface area (Å²) in [7, 11) is 0. The normalized spacial score (nSPS) is 12.7. The standard InChI is InChI=1S/C14H14O6S2/c1-3-19-12(17)9(13(18)20-4-2)14-21-10-7(15)5-6-8(16)11(10)22-14/h5-6,15-16H,3-4H2,1-2H3. The van der Waals surface area contributed by atoms with Gasteiger partial charge in [0.05, 0.1) is 27.2 Å². The molecular formula is C14H14O6S2. The number of fused-ring (bicyclic) bond motifs is 1. The zero-order valence-electron chi connectivity index (χ0n) is 11.9. The Balaban J connectivity index is 2.45. The summed E-state index contributed by atoms with van der Waals surface area (Å²) in [5, 5.41) is 19.7. The summed E-state index contributed by atoms with van der Waals surface area (Å²) in [4.78, 5) is 24.9. The van der Waals surface area contributed by atoms with Crippen molar-refractivity contribution in [1.82, 2.24) is 0 Å². The molecule has 1 heterocycles. The van der Waals surface area contributed by atoms with E-state index in [1.165, 1.54) is 12.1 Å². The van der Waals surface area contributed by atoms with Gasteiger partial charge in [-0.1, -0.05) is 23.5 Å². The van der Waals surface area contributed by atoms with Crippen molar-refractivity contribution in [3.05, 3.63) is 21.9 Å². The highest BCUT2D eigenvalue weighted by atomic mass is 32.2. The minimum Gasteiger partial charge on any atom is -0.507 e. The van der Waals surface area contributed by atoms with Gasteiger partial charge in [0.2, 0.25) is 0 Å². The molecule has 1 aliphatic rings. The minimum absolute atomic E-state index is 0.0348. The molecule has 1 aliphatic heterocycles. The number of carbonyl (C=O) groups excluding carboxylic acids is 2. The second-order valence-corrected chi connectivity index (χ2v) is 6.37. The van der Waals surface area contributed by atoms with Crippen LogP contribution in [-0.4, -0.2) is 35.4 Å². The van der Waals surface area contributed by atoms with Gasteiger partial charge in [-0.15, -0.1) is 0 Å². The van der Waals surface area contributed by atoms with Crippen LogP contribution in [0.3, 0.4) is 0 Å². The van der Waals surface area contributed by atoms with Crippen molar-refractivity contribution >= 4 is 35.5 Å². The van der Waals surface area contributed by atoms with Crippen molar-refractivity contribution in [2.45, 2.75) is 23.6 Å². The molecule has 22 heavy (non-hydrogen) atoms. The first-order valence-electron chi connectivity index (χ1n) is 6.48. The van der Waals surface area contributed by atoms with Gasteiger partial charge >= 0.3 is 11.9 Å². The van der Waals surface area contributed by atoms with Gasteiger partial charge < -0.3 is 19.7 Å². The molecule has 1 aromatic rings. The molecular weight excluding hydrogens is 328 g/mol. The van der Waals surface area contributed by atoms with Crippen LogP contribution in [0.25, 0.3) is 0 Å². The van der Waals surface area contributed by atoms with Gasteiger partial charge in [-0.2, -0.15) is 0 Å². The van der Waals surface area contributed by atoms with E-state index in [1.807, 2.05) is 0 Å². The summed E-state index contributed by atoms with van der Waals surface area (Å²) < 4.78 is 10.1. The fourth-order valence-corrected chi connectivity index (χ4v) is 4.27. The molecule has 2 N–H and O–H groups in total. The Morgan fingerprint density at radius 3 is 1.73 bits per heavy atom. The van der Waals surface area contributed by atoms with Crippen LogP contribution in [0.5, 0.6) is 11.5 Å². The molecule has 0 unspecified atom stereocenters. The predicted octanol–water partition coefficient (Wildman–Crippen LogP) is 2.63. The number of phenols is 2. The number of hydrogen-bond donors (Lipinski definition) is 2. The molecule has 0 aromatic heterocycles. The number of rotatable bonds is 4. The van der Waals surface area contributed by atoms with E-state index in [1.54, 1.807) is 13.8 Å². The van der Waals surface area contributed by atoms with Crippen LogP contribution in [0.4, 0.5) is 0 Å². The average molecular weight is 342 g/mol. The number of esters is 2. The van der Waals surface area contributed by atoms with E-state index in [-0.39, 0.29) is 30.3 Å². The third-order valence-corrected chi connectivity index (χ3v) is 5.27. The first-order chi connectivity index (χ1) is 10.5. The van der Waals surface area contributed by atoms with E-state index >= 15 is 0 Å². The maximum absolute atomic E-state index is 12.0. The summed E-state index contributed by atoms with van der Waals surface area (Å²) in [6.45, 7) is 3.50. The lowest BCUT2D eigenvalue weighted by Gasteiger charge is -2.08. The van der Waals surface area contributed by atoms with Crippen LogP contribution < -0.4 is 0 Å². The number of hydrogen-bond acceptors (Lipinski definition) is 8. The van der Waals surface area contributed by atoms with Gasteiger partial charge in [-0.05, 0) is 26.0 Å². The monoisotopic (exact) mass is 342 g/mol. The topological polar surface area (TPSA) is 93.1 Å². The summed E-state index contributed by atoms with van der Waals surface area (Å²) in [5.41, 5.74) is -0.228. The highest BCUT2D eigenvalue weighted by Crippen LogP contribution is 2.58. The molecule has 118 valence electrons. The number of aromatic hydroxyl groups is 2. The quantitative estimate of drug-likeness (QED) is 0.284. The lowest BCUT2D eigenvalue weighted by Crippen LogP contribution is -2.19. The van der Waals surface area contributed by atoms with E-state index in [9.17, 15) is 19.8 Å². The zero-order chi connectivity index (χ0) is 16.3. The van der Waals surface area contributed by atoms with E-state index < -0.39 is 11.9 Å². The third-order valence-electron chi connectivity index (χ3n) is 2.62. The molecule has 0 aliphatic carbocycles. The maximum Gasteiger partial charge on any atom is 0.347 e. The van der Waals surface area contributed by atoms with Crippen LogP contribution in [-0.2, 0) is 19.1 Å². The molecule has 0 amide bonds. The lowest BCUT2D eigenvalue weighted by atomic mass is 10.3. The van der Waals surface area contributed by atoms with Gasteiger partial charge in [0.1, 0.15) is 11.5 Å². The number of phenolic OH excluding ortho intramolecular Hbond substituents is 2. The molecule has 0 saturated heterocycles. The van der Waals surface area contributed by atoms with Crippen molar-refractivity contribution in [2.75, 3.05) is 13.2 Å². The van der Waals surface area contributed by atoms with Crippen LogP contribution in [0.1, 0.15) is 13.8 Å². The first kappa shape index (κ1) is 16.6. The summed E-state index contributed by atoms with van der Waals surface area (Å²) in [6.07, 6.45) is 0. The second-order valence-electron chi connectivity index (χ2n) is 4.07. The highest BCUT2D eigenvalue weighted by Gasteiger charge is 2.33. The molecule has 8 heteroatoms. The number of thioether (sulfide) groups is 2.